The van der Waals surface area contributed by atoms with Gasteiger partial charge in [0.2, 0.25) is 0 Å². The third-order valence-electron chi connectivity index (χ3n) is 4.56. The molecule has 0 saturated carbocycles. The van der Waals surface area contributed by atoms with Crippen molar-refractivity contribution in [3.8, 4) is 10.6 Å². The molecule has 2 heterocycles. The summed E-state index contributed by atoms with van der Waals surface area (Å²) in [5.74, 6) is -0.662. The SMILES string of the molecule is Cc1ccc(-c2nc(C(=O)OC(C)C(=O)N3CCCCCC3)cs2)cc1. The lowest BCUT2D eigenvalue weighted by Crippen LogP contribution is -2.40. The highest BCUT2D eigenvalue weighted by molar-refractivity contribution is 7.13. The number of likely N-dealkylation sites (tertiary alicyclic amines) is 1. The molecule has 0 spiro atoms. The van der Waals surface area contributed by atoms with Crippen LogP contribution in [-0.4, -0.2) is 41.0 Å². The van der Waals surface area contributed by atoms with Crippen LogP contribution in [0.1, 0.15) is 48.7 Å². The van der Waals surface area contributed by atoms with Gasteiger partial charge in [-0.2, -0.15) is 0 Å². The summed E-state index contributed by atoms with van der Waals surface area (Å²) in [5, 5.41) is 2.45. The van der Waals surface area contributed by atoms with Crippen molar-refractivity contribution in [3.63, 3.8) is 0 Å². The van der Waals surface area contributed by atoms with Crippen LogP contribution in [-0.2, 0) is 9.53 Å². The summed E-state index contributed by atoms with van der Waals surface area (Å²) < 4.78 is 5.37. The van der Waals surface area contributed by atoms with Gasteiger partial charge in [-0.25, -0.2) is 9.78 Å². The molecule has 1 aromatic heterocycles. The van der Waals surface area contributed by atoms with E-state index in [1.165, 1.54) is 16.9 Å². The van der Waals surface area contributed by atoms with Gasteiger partial charge >= 0.3 is 5.97 Å². The molecular weight excluding hydrogens is 348 g/mol. The first-order chi connectivity index (χ1) is 12.5. The first-order valence-corrected chi connectivity index (χ1v) is 9.95. The van der Waals surface area contributed by atoms with Gasteiger partial charge in [0.25, 0.3) is 5.91 Å². The molecule has 0 bridgehead atoms. The maximum Gasteiger partial charge on any atom is 0.358 e. The average Bonchev–Trinajstić information content (AvgIpc) is 2.97. The monoisotopic (exact) mass is 372 g/mol. The number of carbonyl (C=O) groups is 2. The number of benzene rings is 1. The summed E-state index contributed by atoms with van der Waals surface area (Å²) in [6.45, 7) is 5.15. The number of hydrogen-bond donors (Lipinski definition) is 0. The number of amides is 1. The van der Waals surface area contributed by atoms with Crippen LogP contribution in [0.5, 0.6) is 0 Å². The Balaban J connectivity index is 1.62. The van der Waals surface area contributed by atoms with Crippen LogP contribution >= 0.6 is 11.3 Å². The molecule has 1 aliphatic heterocycles. The highest BCUT2D eigenvalue weighted by Crippen LogP contribution is 2.24. The summed E-state index contributed by atoms with van der Waals surface area (Å²) in [4.78, 5) is 31.0. The van der Waals surface area contributed by atoms with Crippen molar-refractivity contribution >= 4 is 23.2 Å². The van der Waals surface area contributed by atoms with E-state index in [1.54, 1.807) is 12.3 Å². The Bertz CT molecular complexity index is 762. The smallest absolute Gasteiger partial charge is 0.358 e. The van der Waals surface area contributed by atoms with E-state index in [0.717, 1.165) is 49.3 Å². The van der Waals surface area contributed by atoms with Crippen molar-refractivity contribution in [3.05, 3.63) is 40.9 Å². The van der Waals surface area contributed by atoms with Crippen molar-refractivity contribution in [1.82, 2.24) is 9.88 Å². The van der Waals surface area contributed by atoms with Crippen molar-refractivity contribution in [2.45, 2.75) is 45.6 Å². The molecule has 1 amide bonds. The standard InChI is InChI=1S/C20H24N2O3S/c1-14-7-9-16(10-8-14)18-21-17(13-26-18)20(24)25-15(2)19(23)22-11-5-3-4-6-12-22/h7-10,13,15H,3-6,11-12H2,1-2H3. The zero-order chi connectivity index (χ0) is 18.5. The normalized spacial score (nSPS) is 16.0. The Hall–Kier alpha value is -2.21. The van der Waals surface area contributed by atoms with Gasteiger partial charge in [0, 0.05) is 24.0 Å². The molecule has 6 heteroatoms. The topological polar surface area (TPSA) is 59.5 Å². The van der Waals surface area contributed by atoms with Gasteiger partial charge < -0.3 is 9.64 Å². The molecular formula is C20H24N2O3S. The van der Waals surface area contributed by atoms with Crippen LogP contribution in [0.2, 0.25) is 0 Å². The Labute approximate surface area is 158 Å². The van der Waals surface area contributed by atoms with E-state index in [0.29, 0.717) is 0 Å². The quantitative estimate of drug-likeness (QED) is 0.759. The fraction of sp³-hybridized carbons (Fsp3) is 0.450. The zero-order valence-corrected chi connectivity index (χ0v) is 16.1. The number of aryl methyl sites for hydroxylation is 1. The molecule has 1 unspecified atom stereocenters. The van der Waals surface area contributed by atoms with Crippen LogP contribution in [0.4, 0.5) is 0 Å². The number of nitrogens with zero attached hydrogens (tertiary/aromatic N) is 2. The van der Waals surface area contributed by atoms with E-state index in [4.69, 9.17) is 4.74 Å². The van der Waals surface area contributed by atoms with E-state index in [9.17, 15) is 9.59 Å². The third-order valence-corrected chi connectivity index (χ3v) is 5.45. The highest BCUT2D eigenvalue weighted by atomic mass is 32.1. The number of rotatable bonds is 4. The maximum atomic E-state index is 12.5. The van der Waals surface area contributed by atoms with Crippen molar-refractivity contribution in [1.29, 1.82) is 0 Å². The summed E-state index contributed by atoms with van der Waals surface area (Å²) in [7, 11) is 0. The van der Waals surface area contributed by atoms with E-state index in [1.807, 2.05) is 36.1 Å². The molecule has 1 saturated heterocycles. The van der Waals surface area contributed by atoms with Gasteiger partial charge in [-0.3, -0.25) is 4.79 Å². The van der Waals surface area contributed by atoms with E-state index < -0.39 is 12.1 Å². The number of esters is 1. The predicted octanol–water partition coefficient (Wildman–Crippen LogP) is 4.07. The second kappa shape index (κ2) is 8.45. The predicted molar refractivity (Wildman–Crippen MR) is 102 cm³/mol. The minimum Gasteiger partial charge on any atom is -0.448 e. The number of ether oxygens (including phenoxy) is 1. The number of thiazole rings is 1. The fourth-order valence-electron chi connectivity index (χ4n) is 3.02. The molecule has 1 atom stereocenters. The van der Waals surface area contributed by atoms with E-state index in [-0.39, 0.29) is 11.6 Å². The van der Waals surface area contributed by atoms with Crippen LogP contribution in [0.15, 0.2) is 29.6 Å². The maximum absolute atomic E-state index is 12.5. The molecule has 5 nitrogen and oxygen atoms in total. The molecule has 3 rings (SSSR count). The molecule has 26 heavy (non-hydrogen) atoms. The summed E-state index contributed by atoms with van der Waals surface area (Å²) in [5.41, 5.74) is 2.39. The van der Waals surface area contributed by atoms with Gasteiger partial charge in [0.15, 0.2) is 11.8 Å². The van der Waals surface area contributed by atoms with Gasteiger partial charge in [0.1, 0.15) is 5.01 Å². The first kappa shape index (κ1) is 18.6. The second-order valence-corrected chi connectivity index (χ2v) is 7.55. The first-order valence-electron chi connectivity index (χ1n) is 9.07. The summed E-state index contributed by atoms with van der Waals surface area (Å²) >= 11 is 1.40. The molecule has 1 aliphatic rings. The molecule has 0 N–H and O–H groups in total. The van der Waals surface area contributed by atoms with E-state index in [2.05, 4.69) is 4.98 Å². The summed E-state index contributed by atoms with van der Waals surface area (Å²) in [6, 6.07) is 7.98. The summed E-state index contributed by atoms with van der Waals surface area (Å²) in [6.07, 6.45) is 3.54. The Morgan fingerprint density at radius 3 is 2.42 bits per heavy atom. The number of hydrogen-bond acceptors (Lipinski definition) is 5. The highest BCUT2D eigenvalue weighted by Gasteiger charge is 2.25. The van der Waals surface area contributed by atoms with Crippen LogP contribution in [0, 0.1) is 6.92 Å². The van der Waals surface area contributed by atoms with Gasteiger partial charge in [-0.15, -0.1) is 11.3 Å². The molecule has 1 aromatic carbocycles. The molecule has 138 valence electrons. The fourth-order valence-corrected chi connectivity index (χ4v) is 3.81. The van der Waals surface area contributed by atoms with Gasteiger partial charge in [-0.05, 0) is 26.7 Å². The van der Waals surface area contributed by atoms with Crippen molar-refractivity contribution < 1.29 is 14.3 Å². The average molecular weight is 372 g/mol. The van der Waals surface area contributed by atoms with E-state index >= 15 is 0 Å². The lowest BCUT2D eigenvalue weighted by molar-refractivity contribution is -0.139. The zero-order valence-electron chi connectivity index (χ0n) is 15.2. The lowest BCUT2D eigenvalue weighted by Gasteiger charge is -2.23. The Kier molecular flexibility index (Phi) is 6.04. The molecule has 0 aliphatic carbocycles. The minimum absolute atomic E-state index is 0.116. The third kappa shape index (κ3) is 4.49. The second-order valence-electron chi connectivity index (χ2n) is 6.69. The van der Waals surface area contributed by atoms with Crippen LogP contribution in [0.25, 0.3) is 10.6 Å². The van der Waals surface area contributed by atoms with Gasteiger partial charge in [-0.1, -0.05) is 42.7 Å². The molecule has 0 radical (unpaired) electrons. The van der Waals surface area contributed by atoms with Crippen molar-refractivity contribution in [2.24, 2.45) is 0 Å². The molecule has 1 fully saturated rings. The van der Waals surface area contributed by atoms with Crippen LogP contribution < -0.4 is 0 Å². The largest absolute Gasteiger partial charge is 0.448 e. The minimum atomic E-state index is -0.787. The number of carbonyl (C=O) groups excluding carboxylic acids is 2. The molecule has 2 aromatic rings. The Morgan fingerprint density at radius 1 is 1.12 bits per heavy atom. The Morgan fingerprint density at radius 2 is 1.77 bits per heavy atom. The lowest BCUT2D eigenvalue weighted by atomic mass is 10.2. The number of aromatic nitrogens is 1. The van der Waals surface area contributed by atoms with Crippen LogP contribution in [0.3, 0.4) is 0 Å². The van der Waals surface area contributed by atoms with Crippen molar-refractivity contribution in [2.75, 3.05) is 13.1 Å². The van der Waals surface area contributed by atoms with Gasteiger partial charge in [0.05, 0.1) is 0 Å².